The Hall–Kier alpha value is -0.920. The van der Waals surface area contributed by atoms with E-state index in [0.29, 0.717) is 10.2 Å². The molecule has 0 aliphatic carbocycles. The van der Waals surface area contributed by atoms with Gasteiger partial charge in [-0.3, -0.25) is 9.59 Å². The van der Waals surface area contributed by atoms with Gasteiger partial charge in [0.15, 0.2) is 0 Å². The number of anilines is 1. The lowest BCUT2D eigenvalue weighted by Gasteiger charge is -2.01. The highest BCUT2D eigenvalue weighted by Crippen LogP contribution is 1.96. The first kappa shape index (κ1) is 10.2. The molecule has 1 rings (SSSR count). The summed E-state index contributed by atoms with van der Waals surface area (Å²) in [6.45, 7) is 0. The fraction of sp³-hybridized carbons (Fsp3) is 0.286. The van der Waals surface area contributed by atoms with E-state index in [9.17, 15) is 9.59 Å². The number of halogens is 1. The normalized spacial score (nSPS) is 9.69. The van der Waals surface area contributed by atoms with E-state index in [0.717, 1.165) is 0 Å². The van der Waals surface area contributed by atoms with E-state index in [1.807, 2.05) is 22.6 Å². The molecule has 1 aromatic rings. The molecule has 1 heterocycles. The number of rotatable bonds is 2. The molecule has 0 atom stereocenters. The average molecular weight is 293 g/mol. The first-order chi connectivity index (χ1) is 6.13. The van der Waals surface area contributed by atoms with Gasteiger partial charge in [0.25, 0.3) is 5.56 Å². The number of amides is 1. The second-order valence-corrected chi connectivity index (χ2v) is 3.17. The van der Waals surface area contributed by atoms with Gasteiger partial charge in [-0.05, 0) is 0 Å². The molecule has 0 radical (unpaired) electrons. The van der Waals surface area contributed by atoms with Gasteiger partial charge in [0.2, 0.25) is 5.91 Å². The molecule has 1 aromatic heterocycles. The number of nitrogens with one attached hydrogen (secondary N) is 1. The van der Waals surface area contributed by atoms with Crippen molar-refractivity contribution in [1.82, 2.24) is 9.55 Å². The smallest absolute Gasteiger partial charge is 0.255 e. The van der Waals surface area contributed by atoms with E-state index < -0.39 is 0 Å². The molecule has 0 aliphatic heterocycles. The molecule has 0 spiro atoms. The van der Waals surface area contributed by atoms with Crippen LogP contribution in [0.3, 0.4) is 0 Å². The van der Waals surface area contributed by atoms with Crippen molar-refractivity contribution in [2.24, 2.45) is 7.05 Å². The fourth-order valence-corrected chi connectivity index (χ4v) is 0.897. The van der Waals surface area contributed by atoms with Crippen molar-refractivity contribution >= 4 is 34.3 Å². The molecular formula is C7H8IN3O2. The van der Waals surface area contributed by atoms with Crippen LogP contribution in [0.1, 0.15) is 0 Å². The minimum absolute atomic E-state index is 0.165. The maximum Gasteiger partial charge on any atom is 0.255 e. The Labute approximate surface area is 88.3 Å². The van der Waals surface area contributed by atoms with Gasteiger partial charge in [0, 0.05) is 13.1 Å². The van der Waals surface area contributed by atoms with E-state index in [2.05, 4.69) is 10.3 Å². The average Bonchev–Trinajstić information content (AvgIpc) is 2.11. The van der Waals surface area contributed by atoms with Crippen molar-refractivity contribution in [2.75, 3.05) is 9.74 Å². The van der Waals surface area contributed by atoms with Gasteiger partial charge in [-0.2, -0.15) is 0 Å². The molecule has 70 valence electrons. The van der Waals surface area contributed by atoms with Gasteiger partial charge in [-0.15, -0.1) is 0 Å². The zero-order valence-corrected chi connectivity index (χ0v) is 9.11. The maximum atomic E-state index is 11.1. The van der Waals surface area contributed by atoms with Crippen LogP contribution in [-0.2, 0) is 11.8 Å². The van der Waals surface area contributed by atoms with Crippen LogP contribution in [0.2, 0.25) is 0 Å². The minimum atomic E-state index is -0.196. The van der Waals surface area contributed by atoms with Gasteiger partial charge in [-0.1, -0.05) is 22.6 Å². The van der Waals surface area contributed by atoms with Crippen LogP contribution in [0.15, 0.2) is 17.2 Å². The second-order valence-electron chi connectivity index (χ2n) is 2.41. The molecule has 1 amide bonds. The van der Waals surface area contributed by atoms with Crippen LogP contribution in [0.4, 0.5) is 5.82 Å². The van der Waals surface area contributed by atoms with E-state index >= 15 is 0 Å². The molecule has 0 saturated carbocycles. The molecule has 6 heteroatoms. The van der Waals surface area contributed by atoms with Gasteiger partial charge in [0.05, 0.1) is 10.8 Å². The Morgan fingerprint density at radius 1 is 1.77 bits per heavy atom. The van der Waals surface area contributed by atoms with Gasteiger partial charge >= 0.3 is 0 Å². The summed E-state index contributed by atoms with van der Waals surface area (Å²) in [4.78, 5) is 25.8. The number of aryl methyl sites for hydroxylation is 1. The number of alkyl halides is 1. The first-order valence-electron chi connectivity index (χ1n) is 3.52. The second kappa shape index (κ2) is 4.35. The summed E-state index contributed by atoms with van der Waals surface area (Å²) in [6, 6.07) is 1.28. The quantitative estimate of drug-likeness (QED) is 0.624. The van der Waals surface area contributed by atoms with Crippen molar-refractivity contribution < 1.29 is 4.79 Å². The van der Waals surface area contributed by atoms with Crippen molar-refractivity contribution in [1.29, 1.82) is 0 Å². The van der Waals surface area contributed by atoms with Gasteiger partial charge < -0.3 is 9.88 Å². The molecule has 0 unspecified atom stereocenters. The fourth-order valence-electron chi connectivity index (χ4n) is 0.706. The van der Waals surface area contributed by atoms with Crippen molar-refractivity contribution in [3.05, 3.63) is 22.7 Å². The predicted molar refractivity (Wildman–Crippen MR) is 57.0 cm³/mol. The summed E-state index contributed by atoms with van der Waals surface area (Å²) in [5.74, 6) is 0.131. The van der Waals surface area contributed by atoms with Crippen LogP contribution >= 0.6 is 22.6 Å². The molecule has 0 bridgehead atoms. The molecule has 13 heavy (non-hydrogen) atoms. The molecule has 0 saturated heterocycles. The van der Waals surface area contributed by atoms with Crippen LogP contribution in [0.5, 0.6) is 0 Å². The van der Waals surface area contributed by atoms with Crippen molar-refractivity contribution in [2.45, 2.75) is 0 Å². The third kappa shape index (κ3) is 2.79. The van der Waals surface area contributed by atoms with Gasteiger partial charge in [0.1, 0.15) is 5.82 Å². The number of carbonyl (C=O) groups is 1. The summed E-state index contributed by atoms with van der Waals surface area (Å²) in [6.07, 6.45) is 1.37. The number of nitrogens with zero attached hydrogens (tertiary/aromatic N) is 2. The van der Waals surface area contributed by atoms with E-state index in [1.165, 1.54) is 17.0 Å². The lowest BCUT2D eigenvalue weighted by Crippen LogP contribution is -2.20. The maximum absolute atomic E-state index is 11.1. The molecular weight excluding hydrogens is 285 g/mol. The predicted octanol–water partition coefficient (Wildman–Crippen LogP) is 0.154. The van der Waals surface area contributed by atoms with E-state index in [4.69, 9.17) is 0 Å². The highest BCUT2D eigenvalue weighted by Gasteiger charge is 2.01. The third-order valence-electron chi connectivity index (χ3n) is 1.37. The minimum Gasteiger partial charge on any atom is -0.310 e. The largest absolute Gasteiger partial charge is 0.310 e. The summed E-state index contributed by atoms with van der Waals surface area (Å²) < 4.78 is 1.67. The van der Waals surface area contributed by atoms with Crippen LogP contribution in [-0.4, -0.2) is 19.9 Å². The molecule has 0 fully saturated rings. The van der Waals surface area contributed by atoms with E-state index in [1.54, 1.807) is 7.05 Å². The first-order valence-corrected chi connectivity index (χ1v) is 5.04. The molecule has 0 aromatic carbocycles. The Balaban J connectivity index is 2.86. The summed E-state index contributed by atoms with van der Waals surface area (Å²) in [7, 11) is 1.60. The summed E-state index contributed by atoms with van der Waals surface area (Å²) >= 11 is 1.93. The highest BCUT2D eigenvalue weighted by molar-refractivity contribution is 14.1. The van der Waals surface area contributed by atoms with Crippen molar-refractivity contribution in [3.63, 3.8) is 0 Å². The van der Waals surface area contributed by atoms with Crippen molar-refractivity contribution in [3.8, 4) is 0 Å². The Morgan fingerprint density at radius 3 is 3.00 bits per heavy atom. The lowest BCUT2D eigenvalue weighted by molar-refractivity contribution is -0.113. The molecule has 1 N–H and O–H groups in total. The van der Waals surface area contributed by atoms with Crippen LogP contribution in [0.25, 0.3) is 0 Å². The topological polar surface area (TPSA) is 64.0 Å². The number of hydrogen-bond acceptors (Lipinski definition) is 3. The molecule has 5 nitrogen and oxygen atoms in total. The standard InChI is InChI=1S/C7H8IN3O2/c1-11-4-9-5(2-7(11)13)10-6(12)3-8/h2,4H,3H2,1H3,(H,10,12). The SMILES string of the molecule is Cn1cnc(NC(=O)CI)cc1=O. The van der Waals surface area contributed by atoms with Crippen LogP contribution < -0.4 is 10.9 Å². The zero-order chi connectivity index (χ0) is 9.84. The Kier molecular flexibility index (Phi) is 3.40. The number of aromatic nitrogens is 2. The lowest BCUT2D eigenvalue weighted by atomic mass is 10.5. The summed E-state index contributed by atoms with van der Waals surface area (Å²) in [5, 5.41) is 2.49. The number of hydrogen-bond donors (Lipinski definition) is 1. The van der Waals surface area contributed by atoms with E-state index in [-0.39, 0.29) is 11.5 Å². The van der Waals surface area contributed by atoms with Gasteiger partial charge in [-0.25, -0.2) is 4.98 Å². The third-order valence-corrected chi connectivity index (χ3v) is 2.06. The molecule has 0 aliphatic rings. The Bertz CT molecular complexity index is 374. The Morgan fingerprint density at radius 2 is 2.46 bits per heavy atom. The monoisotopic (exact) mass is 293 g/mol. The highest BCUT2D eigenvalue weighted by atomic mass is 127. The number of carbonyl (C=O) groups excluding carboxylic acids is 1. The van der Waals surface area contributed by atoms with Crippen LogP contribution in [0, 0.1) is 0 Å². The zero-order valence-electron chi connectivity index (χ0n) is 6.95. The summed E-state index contributed by atoms with van der Waals surface area (Å²) in [5.41, 5.74) is -0.196.